The summed E-state index contributed by atoms with van der Waals surface area (Å²) in [5, 5.41) is 12.5. The summed E-state index contributed by atoms with van der Waals surface area (Å²) in [6, 6.07) is 8.16. The lowest BCUT2D eigenvalue weighted by molar-refractivity contribution is 0.134. The number of hydrogen-bond acceptors (Lipinski definition) is 4. The van der Waals surface area contributed by atoms with E-state index in [0.717, 1.165) is 48.7 Å². The maximum atomic E-state index is 9.18. The second-order valence-electron chi connectivity index (χ2n) is 3.89. The van der Waals surface area contributed by atoms with Gasteiger partial charge < -0.3 is 10.1 Å². The van der Waals surface area contributed by atoms with E-state index < -0.39 is 0 Å². The van der Waals surface area contributed by atoms with Gasteiger partial charge in [-0.3, -0.25) is 0 Å². The third kappa shape index (κ3) is 4.59. The number of nitrogens with one attached hydrogen (secondary N) is 1. The molecule has 0 amide bonds. The maximum Gasteiger partial charge on any atom is 0.102 e. The zero-order valence-corrected chi connectivity index (χ0v) is 11.8. The summed E-state index contributed by atoms with van der Waals surface area (Å²) in [6.45, 7) is 4.53. The van der Waals surface area contributed by atoms with Gasteiger partial charge in [0.15, 0.2) is 0 Å². The predicted octanol–water partition coefficient (Wildman–Crippen LogP) is 3.51. The van der Waals surface area contributed by atoms with Crippen LogP contribution in [0.2, 0.25) is 0 Å². The minimum atomic E-state index is 0.736. The highest BCUT2D eigenvalue weighted by Gasteiger charge is 2.06. The topological polar surface area (TPSA) is 45.0 Å². The SMILES string of the molecule is CCCOCCCNc1cccc(SC)c1C#N. The Labute approximate surface area is 114 Å². The second-order valence-corrected chi connectivity index (χ2v) is 4.74. The highest BCUT2D eigenvalue weighted by atomic mass is 32.2. The monoisotopic (exact) mass is 264 g/mol. The molecule has 4 heteroatoms. The molecule has 0 bridgehead atoms. The lowest BCUT2D eigenvalue weighted by Gasteiger charge is -2.10. The van der Waals surface area contributed by atoms with Crippen molar-refractivity contribution < 1.29 is 4.74 Å². The van der Waals surface area contributed by atoms with Crippen LogP contribution in [0.5, 0.6) is 0 Å². The number of rotatable bonds is 8. The van der Waals surface area contributed by atoms with E-state index in [1.165, 1.54) is 0 Å². The zero-order chi connectivity index (χ0) is 13.2. The van der Waals surface area contributed by atoms with Gasteiger partial charge in [-0.15, -0.1) is 11.8 Å². The molecule has 0 aliphatic heterocycles. The quantitative estimate of drug-likeness (QED) is 0.576. The van der Waals surface area contributed by atoms with Crippen molar-refractivity contribution in [2.75, 3.05) is 31.3 Å². The number of ether oxygens (including phenoxy) is 1. The Morgan fingerprint density at radius 2 is 2.22 bits per heavy atom. The van der Waals surface area contributed by atoms with Crippen LogP contribution in [0, 0.1) is 11.3 Å². The maximum absolute atomic E-state index is 9.18. The molecule has 0 atom stereocenters. The van der Waals surface area contributed by atoms with Crippen molar-refractivity contribution in [3.63, 3.8) is 0 Å². The molecule has 1 rings (SSSR count). The van der Waals surface area contributed by atoms with Crippen LogP contribution in [0.4, 0.5) is 5.69 Å². The number of thioether (sulfide) groups is 1. The number of benzene rings is 1. The Bertz CT molecular complexity index is 401. The summed E-state index contributed by atoms with van der Waals surface area (Å²) >= 11 is 1.60. The summed E-state index contributed by atoms with van der Waals surface area (Å²) in [4.78, 5) is 1.02. The molecule has 1 aromatic carbocycles. The molecule has 1 aromatic rings. The second kappa shape index (κ2) is 8.84. The molecule has 0 saturated carbocycles. The molecule has 0 aliphatic rings. The fraction of sp³-hybridized carbons (Fsp3) is 0.500. The Morgan fingerprint density at radius 1 is 1.39 bits per heavy atom. The van der Waals surface area contributed by atoms with Gasteiger partial charge in [0.25, 0.3) is 0 Å². The molecule has 0 fully saturated rings. The first kappa shape index (κ1) is 14.9. The molecular weight excluding hydrogens is 244 g/mol. The number of nitriles is 1. The normalized spacial score (nSPS) is 10.1. The fourth-order valence-corrected chi connectivity index (χ4v) is 2.18. The summed E-state index contributed by atoms with van der Waals surface area (Å²) in [5.41, 5.74) is 1.65. The van der Waals surface area contributed by atoms with Crippen LogP contribution in [0.3, 0.4) is 0 Å². The van der Waals surface area contributed by atoms with Crippen molar-refractivity contribution in [1.82, 2.24) is 0 Å². The molecule has 0 heterocycles. The smallest absolute Gasteiger partial charge is 0.102 e. The molecule has 0 unspecified atom stereocenters. The van der Waals surface area contributed by atoms with Crippen molar-refractivity contribution in [2.24, 2.45) is 0 Å². The Balaban J connectivity index is 2.45. The first-order valence-electron chi connectivity index (χ1n) is 6.22. The van der Waals surface area contributed by atoms with Gasteiger partial charge in [-0.2, -0.15) is 5.26 Å². The molecular formula is C14H20N2OS. The largest absolute Gasteiger partial charge is 0.384 e. The highest BCUT2D eigenvalue weighted by Crippen LogP contribution is 2.26. The van der Waals surface area contributed by atoms with E-state index in [1.54, 1.807) is 11.8 Å². The lowest BCUT2D eigenvalue weighted by Crippen LogP contribution is -2.07. The summed E-state index contributed by atoms with van der Waals surface area (Å²) < 4.78 is 5.41. The molecule has 0 spiro atoms. The third-order valence-corrected chi connectivity index (χ3v) is 3.27. The highest BCUT2D eigenvalue weighted by molar-refractivity contribution is 7.98. The zero-order valence-electron chi connectivity index (χ0n) is 11.0. The van der Waals surface area contributed by atoms with Crippen LogP contribution in [0.25, 0.3) is 0 Å². The number of nitrogens with zero attached hydrogens (tertiary/aromatic N) is 1. The van der Waals surface area contributed by atoms with E-state index in [0.29, 0.717) is 0 Å². The van der Waals surface area contributed by atoms with Crippen molar-refractivity contribution in [3.05, 3.63) is 23.8 Å². The van der Waals surface area contributed by atoms with E-state index in [-0.39, 0.29) is 0 Å². The molecule has 0 aliphatic carbocycles. The average Bonchev–Trinajstić information content (AvgIpc) is 2.42. The lowest BCUT2D eigenvalue weighted by atomic mass is 10.2. The van der Waals surface area contributed by atoms with Gasteiger partial charge in [-0.25, -0.2) is 0 Å². The van der Waals surface area contributed by atoms with Gasteiger partial charge in [0, 0.05) is 24.7 Å². The molecule has 3 nitrogen and oxygen atoms in total. The van der Waals surface area contributed by atoms with Crippen molar-refractivity contribution in [1.29, 1.82) is 5.26 Å². The summed E-state index contributed by atoms with van der Waals surface area (Å²) in [5.74, 6) is 0. The van der Waals surface area contributed by atoms with Crippen LogP contribution in [-0.2, 0) is 4.74 Å². The summed E-state index contributed by atoms with van der Waals surface area (Å²) in [7, 11) is 0. The standard InChI is InChI=1S/C14H20N2OS/c1-3-9-17-10-5-8-16-13-6-4-7-14(18-2)12(13)11-15/h4,6-7,16H,3,5,8-10H2,1-2H3. The van der Waals surface area contributed by atoms with Crippen molar-refractivity contribution in [3.8, 4) is 6.07 Å². The molecule has 0 aromatic heterocycles. The van der Waals surface area contributed by atoms with Crippen molar-refractivity contribution >= 4 is 17.4 Å². The van der Waals surface area contributed by atoms with Crippen LogP contribution in [0.15, 0.2) is 23.1 Å². The minimum absolute atomic E-state index is 0.736. The van der Waals surface area contributed by atoms with Gasteiger partial charge >= 0.3 is 0 Å². The van der Waals surface area contributed by atoms with Gasteiger partial charge in [0.1, 0.15) is 6.07 Å². The van der Waals surface area contributed by atoms with Crippen molar-refractivity contribution in [2.45, 2.75) is 24.7 Å². The number of anilines is 1. The van der Waals surface area contributed by atoms with E-state index in [2.05, 4.69) is 18.3 Å². The molecule has 0 radical (unpaired) electrons. The Morgan fingerprint density at radius 3 is 2.89 bits per heavy atom. The first-order valence-corrected chi connectivity index (χ1v) is 7.44. The van der Waals surface area contributed by atoms with E-state index in [4.69, 9.17) is 4.74 Å². The van der Waals surface area contributed by atoms with Gasteiger partial charge in [0.05, 0.1) is 11.3 Å². The van der Waals surface area contributed by atoms with E-state index in [9.17, 15) is 5.26 Å². The first-order chi connectivity index (χ1) is 8.83. The van der Waals surface area contributed by atoms with Gasteiger partial charge in [0.2, 0.25) is 0 Å². The molecule has 18 heavy (non-hydrogen) atoms. The van der Waals surface area contributed by atoms with Crippen LogP contribution < -0.4 is 5.32 Å². The molecule has 98 valence electrons. The van der Waals surface area contributed by atoms with E-state index >= 15 is 0 Å². The Kier molecular flexibility index (Phi) is 7.31. The third-order valence-electron chi connectivity index (χ3n) is 2.49. The van der Waals surface area contributed by atoms with Gasteiger partial charge in [-0.05, 0) is 31.2 Å². The average molecular weight is 264 g/mol. The van der Waals surface area contributed by atoms with E-state index in [1.807, 2.05) is 24.5 Å². The number of hydrogen-bond donors (Lipinski definition) is 1. The molecule has 1 N–H and O–H groups in total. The molecule has 0 saturated heterocycles. The van der Waals surface area contributed by atoms with Crippen LogP contribution >= 0.6 is 11.8 Å². The van der Waals surface area contributed by atoms with Gasteiger partial charge in [-0.1, -0.05) is 13.0 Å². The predicted molar refractivity (Wildman–Crippen MR) is 77.2 cm³/mol. The fourth-order valence-electron chi connectivity index (χ4n) is 1.61. The van der Waals surface area contributed by atoms with Crippen LogP contribution in [0.1, 0.15) is 25.3 Å². The summed E-state index contributed by atoms with van der Waals surface area (Å²) in [6.07, 6.45) is 3.99. The Hall–Kier alpha value is -1.18. The van der Waals surface area contributed by atoms with Crippen LogP contribution in [-0.4, -0.2) is 26.0 Å². The minimum Gasteiger partial charge on any atom is -0.384 e.